The van der Waals surface area contributed by atoms with Crippen LogP contribution in [0.1, 0.15) is 98.5 Å². The summed E-state index contributed by atoms with van der Waals surface area (Å²) in [5, 5.41) is 0. The van der Waals surface area contributed by atoms with Crippen molar-refractivity contribution in [3.05, 3.63) is 420 Å². The Kier molecular flexibility index (Phi) is 15.5. The fourth-order valence-electron chi connectivity index (χ4n) is 19.9. The Morgan fingerprint density at radius 3 is 1.04 bits per heavy atom. The molecule has 0 spiro atoms. The van der Waals surface area contributed by atoms with E-state index >= 15 is 0 Å². The topological polar surface area (TPSA) is 6.48 Å². The highest BCUT2D eigenvalue weighted by atomic mass is 15.2. The first kappa shape index (κ1) is 66.5. The molecule has 16 aromatic rings. The molecule has 1 atom stereocenters. The molecule has 0 heterocycles. The predicted octanol–water partition coefficient (Wildman–Crippen LogP) is 29.1. The number of anilines is 6. The standard InChI is InChI=1S/C108H84N2/c1-105(2)92-54-26-22-47-88(92)103-82(49-30-56-94(103)105)74-41-28-44-78(65-74)110(80-61-63-87-85-46-21-25-53-91(85)107(5,6)97(87)68-80)99-64-59-76(100(71-35-14-9-15-36-71)102(99)73-39-18-11-19-40-73)69-108(7)93-55-27-23-48-89(93)104-83(50-31-57-95(104)108)75-42-29-43-77(66-75)109(79-60-62-86-84-45-20-24-52-90(84)106(3,4)96(86)67-79)98-58-32-51-81(70-33-12-8-13-34-70)101(98)72-37-16-10-17-38-72/h8-68H,69H2,1-7H3. The Bertz CT molecular complexity index is 6360. The summed E-state index contributed by atoms with van der Waals surface area (Å²) in [6.07, 6.45) is 0.731. The Morgan fingerprint density at radius 1 is 0.191 bits per heavy atom. The van der Waals surface area contributed by atoms with E-state index in [9.17, 15) is 0 Å². The molecule has 0 aromatic heterocycles. The minimum atomic E-state index is -0.473. The van der Waals surface area contributed by atoms with Crippen LogP contribution in [0.4, 0.5) is 34.1 Å². The summed E-state index contributed by atoms with van der Waals surface area (Å²) in [5.74, 6) is 0. The molecule has 2 nitrogen and oxygen atoms in total. The fraction of sp³-hybridized carbons (Fsp3) is 0.111. The van der Waals surface area contributed by atoms with Crippen LogP contribution in [-0.2, 0) is 28.1 Å². The van der Waals surface area contributed by atoms with E-state index in [1.165, 1.54) is 145 Å². The summed E-state index contributed by atoms with van der Waals surface area (Å²) >= 11 is 0. The van der Waals surface area contributed by atoms with Gasteiger partial charge in [0.05, 0.1) is 11.4 Å². The van der Waals surface area contributed by atoms with Crippen molar-refractivity contribution in [1.29, 1.82) is 0 Å². The highest BCUT2D eigenvalue weighted by Crippen LogP contribution is 2.60. The second-order valence-electron chi connectivity index (χ2n) is 32.4. The number of fused-ring (bicyclic) bond motifs is 12. The van der Waals surface area contributed by atoms with Crippen molar-refractivity contribution >= 4 is 34.1 Å². The van der Waals surface area contributed by atoms with Crippen molar-refractivity contribution in [2.24, 2.45) is 0 Å². The molecule has 1 unspecified atom stereocenters. The summed E-state index contributed by atoms with van der Waals surface area (Å²) in [7, 11) is 0. The molecule has 4 aliphatic rings. The first-order chi connectivity index (χ1) is 53.7. The molecule has 0 N–H and O–H groups in total. The molecule has 2 heteroatoms. The monoisotopic (exact) mass is 1410 g/mol. The Labute approximate surface area is 647 Å². The fourth-order valence-corrected chi connectivity index (χ4v) is 19.9. The molecule has 0 amide bonds. The lowest BCUT2D eigenvalue weighted by molar-refractivity contribution is 0.584. The Balaban J connectivity index is 0.767. The van der Waals surface area contributed by atoms with Crippen molar-refractivity contribution in [3.8, 4) is 111 Å². The van der Waals surface area contributed by atoms with Gasteiger partial charge in [0.25, 0.3) is 0 Å². The maximum atomic E-state index is 2.58. The molecule has 0 bridgehead atoms. The quantitative estimate of drug-likeness (QED) is 0.107. The van der Waals surface area contributed by atoms with Crippen molar-refractivity contribution < 1.29 is 0 Å². The first-order valence-electron chi connectivity index (χ1n) is 39.0. The van der Waals surface area contributed by atoms with E-state index in [-0.39, 0.29) is 16.2 Å². The molecule has 0 saturated heterocycles. The van der Waals surface area contributed by atoms with E-state index in [4.69, 9.17) is 0 Å². The van der Waals surface area contributed by atoms with Gasteiger partial charge in [0.1, 0.15) is 0 Å². The summed E-state index contributed by atoms with van der Waals surface area (Å²) in [6, 6.07) is 140. The molecule has 4 aliphatic carbocycles. The summed E-state index contributed by atoms with van der Waals surface area (Å²) in [5.41, 5.74) is 42.3. The van der Waals surface area contributed by atoms with Gasteiger partial charge in [-0.25, -0.2) is 0 Å². The van der Waals surface area contributed by atoms with E-state index in [1.54, 1.807) is 0 Å². The van der Waals surface area contributed by atoms with Crippen molar-refractivity contribution in [3.63, 3.8) is 0 Å². The van der Waals surface area contributed by atoms with Gasteiger partial charge >= 0.3 is 0 Å². The largest absolute Gasteiger partial charge is 0.310 e. The Hall–Kier alpha value is -12.9. The number of nitrogens with zero attached hydrogens (tertiary/aromatic N) is 2. The predicted molar refractivity (Wildman–Crippen MR) is 463 cm³/mol. The lowest BCUT2D eigenvalue weighted by atomic mass is 9.73. The summed E-state index contributed by atoms with van der Waals surface area (Å²) < 4.78 is 0. The molecular weight excluding hydrogens is 1330 g/mol. The van der Waals surface area contributed by atoms with Crippen LogP contribution in [0.15, 0.2) is 370 Å². The van der Waals surface area contributed by atoms with Crippen LogP contribution in [0, 0.1) is 0 Å². The number of rotatable bonds is 14. The van der Waals surface area contributed by atoms with Crippen molar-refractivity contribution in [2.75, 3.05) is 9.80 Å². The zero-order valence-corrected chi connectivity index (χ0v) is 63.3. The van der Waals surface area contributed by atoms with Gasteiger partial charge in [0, 0.05) is 55.5 Å². The van der Waals surface area contributed by atoms with Gasteiger partial charge in [-0.3, -0.25) is 0 Å². The highest BCUT2D eigenvalue weighted by molar-refractivity contribution is 6.03. The Morgan fingerprint density at radius 2 is 0.518 bits per heavy atom. The molecule has 110 heavy (non-hydrogen) atoms. The first-order valence-corrected chi connectivity index (χ1v) is 39.0. The minimum Gasteiger partial charge on any atom is -0.310 e. The maximum Gasteiger partial charge on any atom is 0.0546 e. The average molecular weight is 1410 g/mol. The normalized spacial score (nSPS) is 15.2. The van der Waals surface area contributed by atoms with Crippen LogP contribution >= 0.6 is 0 Å². The van der Waals surface area contributed by atoms with E-state index in [0.717, 1.165) is 57.2 Å². The van der Waals surface area contributed by atoms with Gasteiger partial charge in [-0.2, -0.15) is 0 Å². The lowest BCUT2D eigenvalue weighted by Gasteiger charge is -2.33. The van der Waals surface area contributed by atoms with Crippen LogP contribution < -0.4 is 9.80 Å². The molecule has 20 rings (SSSR count). The number of hydrogen-bond acceptors (Lipinski definition) is 2. The van der Waals surface area contributed by atoms with E-state index in [1.807, 2.05) is 0 Å². The maximum absolute atomic E-state index is 2.58. The minimum absolute atomic E-state index is 0.140. The molecule has 0 aliphatic heterocycles. The molecule has 16 aromatic carbocycles. The lowest BCUT2D eigenvalue weighted by Crippen LogP contribution is -2.24. The number of hydrogen-bond donors (Lipinski definition) is 0. The third kappa shape index (κ3) is 10.4. The van der Waals surface area contributed by atoms with Gasteiger partial charge in [0.15, 0.2) is 0 Å². The SMILES string of the molecule is CC1(C)c2ccccc2-c2ccc(N(c3cccc(-c4cccc5c4-c4ccccc4C5(C)Cc4ccc(N(c5cccc(-c6cccc7c6-c6ccccc6C7(C)C)c5)c5ccc6c(c5)C(C)(C)c5ccccc5-6)c(-c5ccccc5)c4-c4ccccc4)c3)c3cccc(-c4ccccc4)c3-c3ccccc3)cc21. The third-order valence-corrected chi connectivity index (χ3v) is 25.1. The third-order valence-electron chi connectivity index (χ3n) is 25.1. The molecule has 526 valence electrons. The van der Waals surface area contributed by atoms with Crippen LogP contribution in [-0.4, -0.2) is 0 Å². The van der Waals surface area contributed by atoms with E-state index < -0.39 is 5.41 Å². The molecule has 0 radical (unpaired) electrons. The second-order valence-corrected chi connectivity index (χ2v) is 32.4. The van der Waals surface area contributed by atoms with Gasteiger partial charge < -0.3 is 9.80 Å². The van der Waals surface area contributed by atoms with Crippen LogP contribution in [0.5, 0.6) is 0 Å². The summed E-state index contributed by atoms with van der Waals surface area (Å²) in [6.45, 7) is 16.9. The zero-order valence-electron chi connectivity index (χ0n) is 63.3. The molecule has 0 fully saturated rings. The van der Waals surface area contributed by atoms with Crippen molar-refractivity contribution in [1.82, 2.24) is 0 Å². The van der Waals surface area contributed by atoms with E-state index in [0.29, 0.717) is 0 Å². The smallest absolute Gasteiger partial charge is 0.0546 e. The van der Waals surface area contributed by atoms with Gasteiger partial charge in [-0.15, -0.1) is 0 Å². The van der Waals surface area contributed by atoms with E-state index in [2.05, 4.69) is 428 Å². The second kappa shape index (κ2) is 25.7. The average Bonchev–Trinajstić information content (AvgIpc) is 1.52. The van der Waals surface area contributed by atoms with Crippen molar-refractivity contribution in [2.45, 2.75) is 76.5 Å². The highest BCUT2D eigenvalue weighted by Gasteiger charge is 2.44. The summed E-state index contributed by atoms with van der Waals surface area (Å²) in [4.78, 5) is 5.12. The van der Waals surface area contributed by atoms with Crippen LogP contribution in [0.2, 0.25) is 0 Å². The van der Waals surface area contributed by atoms with Gasteiger partial charge in [0.2, 0.25) is 0 Å². The number of benzene rings is 16. The van der Waals surface area contributed by atoms with Gasteiger partial charge in [-0.1, -0.05) is 358 Å². The van der Waals surface area contributed by atoms with Crippen LogP contribution in [0.25, 0.3) is 111 Å². The van der Waals surface area contributed by atoms with Crippen LogP contribution in [0.3, 0.4) is 0 Å². The molecule has 0 saturated carbocycles. The zero-order chi connectivity index (χ0) is 74.2. The molecular formula is C108H84N2. The van der Waals surface area contributed by atoms with Gasteiger partial charge in [-0.05, 0) is 217 Å².